The van der Waals surface area contributed by atoms with Crippen LogP contribution in [0.15, 0.2) is 0 Å². The Labute approximate surface area is 129 Å². The second-order valence-corrected chi connectivity index (χ2v) is 7.18. The van der Waals surface area contributed by atoms with E-state index < -0.39 is 5.60 Å². The van der Waals surface area contributed by atoms with Crippen LogP contribution < -0.4 is 10.6 Å². The molecule has 0 spiro atoms. The minimum atomic E-state index is -0.439. The van der Waals surface area contributed by atoms with Crippen LogP contribution >= 0.6 is 0 Å². The molecular formula is C16H32N2O3. The Hall–Kier alpha value is -0.810. The normalized spacial score (nSPS) is 24.4. The van der Waals surface area contributed by atoms with Crippen molar-refractivity contribution in [1.82, 2.24) is 10.6 Å². The fourth-order valence-corrected chi connectivity index (χ4v) is 2.69. The maximum atomic E-state index is 11.8. The zero-order valence-corrected chi connectivity index (χ0v) is 14.2. The molecule has 0 saturated heterocycles. The van der Waals surface area contributed by atoms with Gasteiger partial charge in [-0.1, -0.05) is 6.92 Å². The summed E-state index contributed by atoms with van der Waals surface area (Å²) in [6.07, 6.45) is 4.01. The smallest absolute Gasteiger partial charge is 0.407 e. The van der Waals surface area contributed by atoms with Gasteiger partial charge < -0.3 is 20.1 Å². The topological polar surface area (TPSA) is 59.6 Å². The highest BCUT2D eigenvalue weighted by molar-refractivity contribution is 5.68. The third-order valence-electron chi connectivity index (χ3n) is 3.60. The number of rotatable bonds is 6. The quantitative estimate of drug-likeness (QED) is 0.792. The second kappa shape index (κ2) is 8.59. The zero-order chi connectivity index (χ0) is 15.9. The van der Waals surface area contributed by atoms with E-state index in [1.54, 1.807) is 7.11 Å². The van der Waals surface area contributed by atoms with Gasteiger partial charge in [0, 0.05) is 32.3 Å². The number of carbonyl (C=O) groups is 1. The van der Waals surface area contributed by atoms with E-state index in [4.69, 9.17) is 9.47 Å². The van der Waals surface area contributed by atoms with Crippen LogP contribution in [0.5, 0.6) is 0 Å². The molecule has 1 aliphatic rings. The molecule has 0 aromatic heterocycles. The molecule has 5 heteroatoms. The molecule has 0 heterocycles. The van der Waals surface area contributed by atoms with Crippen LogP contribution in [0.2, 0.25) is 0 Å². The summed E-state index contributed by atoms with van der Waals surface area (Å²) >= 11 is 0. The van der Waals surface area contributed by atoms with Gasteiger partial charge in [0.25, 0.3) is 0 Å². The molecule has 3 unspecified atom stereocenters. The fraction of sp³-hybridized carbons (Fsp3) is 0.938. The van der Waals surface area contributed by atoms with Crippen molar-refractivity contribution in [2.75, 3.05) is 20.3 Å². The Morgan fingerprint density at radius 2 is 1.95 bits per heavy atom. The lowest BCUT2D eigenvalue weighted by Crippen LogP contribution is -2.46. The fourth-order valence-electron chi connectivity index (χ4n) is 2.69. The SMILES string of the molecule is COCC(C)CNC1CCCC(NC(=O)OC(C)(C)C)C1. The molecule has 0 aromatic rings. The molecule has 5 nitrogen and oxygen atoms in total. The number of hydrogen-bond donors (Lipinski definition) is 2. The summed E-state index contributed by atoms with van der Waals surface area (Å²) < 4.78 is 10.5. The highest BCUT2D eigenvalue weighted by atomic mass is 16.6. The third kappa shape index (κ3) is 8.27. The van der Waals surface area contributed by atoms with Crippen molar-refractivity contribution in [2.24, 2.45) is 5.92 Å². The molecule has 1 fully saturated rings. The zero-order valence-electron chi connectivity index (χ0n) is 14.2. The number of nitrogens with one attached hydrogen (secondary N) is 2. The summed E-state index contributed by atoms with van der Waals surface area (Å²) in [6, 6.07) is 0.682. The molecule has 0 aliphatic heterocycles. The second-order valence-electron chi connectivity index (χ2n) is 7.18. The van der Waals surface area contributed by atoms with Crippen LogP contribution in [0.25, 0.3) is 0 Å². The van der Waals surface area contributed by atoms with Gasteiger partial charge in [0.15, 0.2) is 0 Å². The molecule has 0 aromatic carbocycles. The third-order valence-corrected chi connectivity index (χ3v) is 3.60. The molecular weight excluding hydrogens is 268 g/mol. The summed E-state index contributed by atoms with van der Waals surface area (Å²) in [7, 11) is 1.73. The average Bonchev–Trinajstić information content (AvgIpc) is 2.35. The first kappa shape index (κ1) is 18.2. The Morgan fingerprint density at radius 3 is 2.57 bits per heavy atom. The van der Waals surface area contributed by atoms with Crippen molar-refractivity contribution in [3.63, 3.8) is 0 Å². The van der Waals surface area contributed by atoms with Crippen molar-refractivity contribution in [2.45, 2.75) is 71.1 Å². The van der Waals surface area contributed by atoms with Crippen LogP contribution in [-0.2, 0) is 9.47 Å². The number of amides is 1. The predicted octanol–water partition coefficient (Wildman–Crippen LogP) is 2.69. The first-order chi connectivity index (χ1) is 9.80. The van der Waals surface area contributed by atoms with Gasteiger partial charge in [-0.15, -0.1) is 0 Å². The Morgan fingerprint density at radius 1 is 1.29 bits per heavy atom. The van der Waals surface area contributed by atoms with E-state index in [0.29, 0.717) is 12.0 Å². The Bertz CT molecular complexity index is 315. The molecule has 124 valence electrons. The van der Waals surface area contributed by atoms with E-state index >= 15 is 0 Å². The average molecular weight is 300 g/mol. The molecule has 2 N–H and O–H groups in total. The predicted molar refractivity (Wildman–Crippen MR) is 84.5 cm³/mol. The van der Waals surface area contributed by atoms with E-state index in [-0.39, 0.29) is 12.1 Å². The van der Waals surface area contributed by atoms with E-state index in [2.05, 4.69) is 17.6 Å². The van der Waals surface area contributed by atoms with Gasteiger partial charge in [-0.25, -0.2) is 4.79 Å². The summed E-state index contributed by atoms with van der Waals surface area (Å²) in [5.74, 6) is 0.509. The first-order valence-corrected chi connectivity index (χ1v) is 8.02. The van der Waals surface area contributed by atoms with Crippen molar-refractivity contribution < 1.29 is 14.3 Å². The Balaban J connectivity index is 2.30. The van der Waals surface area contributed by atoms with Crippen molar-refractivity contribution in [1.29, 1.82) is 0 Å². The molecule has 3 atom stereocenters. The van der Waals surface area contributed by atoms with Crippen LogP contribution in [0, 0.1) is 5.92 Å². The standard InChI is InChI=1S/C16H32N2O3/c1-12(11-20-5)10-17-13-7-6-8-14(9-13)18-15(19)21-16(2,3)4/h12-14,17H,6-11H2,1-5H3,(H,18,19). The molecule has 0 bridgehead atoms. The number of methoxy groups -OCH3 is 1. The molecule has 0 radical (unpaired) electrons. The Kier molecular flexibility index (Phi) is 7.46. The number of carbonyl (C=O) groups excluding carboxylic acids is 1. The minimum Gasteiger partial charge on any atom is -0.444 e. The van der Waals surface area contributed by atoms with Gasteiger partial charge >= 0.3 is 6.09 Å². The van der Waals surface area contributed by atoms with Crippen LogP contribution in [0.3, 0.4) is 0 Å². The van der Waals surface area contributed by atoms with Crippen molar-refractivity contribution >= 4 is 6.09 Å². The van der Waals surface area contributed by atoms with E-state index in [1.807, 2.05) is 20.8 Å². The van der Waals surface area contributed by atoms with Gasteiger partial charge in [0.05, 0.1) is 0 Å². The first-order valence-electron chi connectivity index (χ1n) is 8.02. The highest BCUT2D eigenvalue weighted by Crippen LogP contribution is 2.19. The summed E-state index contributed by atoms with van der Waals surface area (Å²) in [4.78, 5) is 11.8. The number of hydrogen-bond acceptors (Lipinski definition) is 4. The maximum Gasteiger partial charge on any atom is 0.407 e. The summed E-state index contributed by atoms with van der Waals surface area (Å²) in [5.41, 5.74) is -0.439. The summed E-state index contributed by atoms with van der Waals surface area (Å²) in [6.45, 7) is 9.56. The van der Waals surface area contributed by atoms with Gasteiger partial charge in [0.1, 0.15) is 5.60 Å². The minimum absolute atomic E-state index is 0.212. The largest absolute Gasteiger partial charge is 0.444 e. The van der Waals surface area contributed by atoms with E-state index in [1.165, 1.54) is 6.42 Å². The lowest BCUT2D eigenvalue weighted by molar-refractivity contribution is 0.0488. The summed E-state index contributed by atoms with van der Waals surface area (Å²) in [5, 5.41) is 6.58. The van der Waals surface area contributed by atoms with Gasteiger partial charge in [0.2, 0.25) is 0 Å². The van der Waals surface area contributed by atoms with Crippen LogP contribution in [0.1, 0.15) is 53.4 Å². The maximum absolute atomic E-state index is 11.8. The molecule has 1 saturated carbocycles. The van der Waals surface area contributed by atoms with Gasteiger partial charge in [-0.2, -0.15) is 0 Å². The number of alkyl carbamates (subject to hydrolysis) is 1. The molecule has 1 amide bonds. The molecule has 1 aliphatic carbocycles. The monoisotopic (exact) mass is 300 g/mol. The lowest BCUT2D eigenvalue weighted by atomic mass is 9.91. The number of ether oxygens (including phenoxy) is 2. The van der Waals surface area contributed by atoms with Crippen LogP contribution in [-0.4, -0.2) is 44.0 Å². The molecule has 1 rings (SSSR count). The van der Waals surface area contributed by atoms with E-state index in [9.17, 15) is 4.79 Å². The lowest BCUT2D eigenvalue weighted by Gasteiger charge is -2.31. The van der Waals surface area contributed by atoms with Crippen molar-refractivity contribution in [3.05, 3.63) is 0 Å². The van der Waals surface area contributed by atoms with Crippen LogP contribution in [0.4, 0.5) is 4.79 Å². The van der Waals surface area contributed by atoms with E-state index in [0.717, 1.165) is 32.4 Å². The van der Waals surface area contributed by atoms with Crippen molar-refractivity contribution in [3.8, 4) is 0 Å². The van der Waals surface area contributed by atoms with Gasteiger partial charge in [-0.05, 0) is 52.4 Å². The highest BCUT2D eigenvalue weighted by Gasteiger charge is 2.25. The molecule has 21 heavy (non-hydrogen) atoms. The van der Waals surface area contributed by atoms with Gasteiger partial charge in [-0.3, -0.25) is 0 Å².